The largest absolute Gasteiger partial charge is 0.481 e. The van der Waals surface area contributed by atoms with Gasteiger partial charge in [-0.3, -0.25) is 9.32 Å². The third kappa shape index (κ3) is 16.9. The van der Waals surface area contributed by atoms with Crippen LogP contribution in [0, 0.1) is 0 Å². The first-order valence-corrected chi connectivity index (χ1v) is 12.9. The molecule has 0 rings (SSSR count). The van der Waals surface area contributed by atoms with Gasteiger partial charge in [0.25, 0.3) is 0 Å². The number of carbonyl (C=O) groups is 1. The minimum atomic E-state index is -2.24. The number of unbranched alkanes of at least 4 members (excludes halogenated alkanes) is 6. The molecule has 4 atom stereocenters. The van der Waals surface area contributed by atoms with Crippen molar-refractivity contribution >= 4 is 14.6 Å². The Labute approximate surface area is 190 Å². The minimum Gasteiger partial charge on any atom is -0.481 e. The standard InChI is InChI=1S/C22H46NO7P/c1-6-8-9-10-12-15-19(7-2)28-16-13-11-14-17-29-31(27)30-20(18-21(24)25)22(26)23(3,4)5/h19-20,22,26-27H,6-18H2,1-5H3/p+1. The number of likely N-dealkylation sites (N-methyl/N-ethyl adjacent to an activating group) is 1. The molecule has 0 radical (unpaired) electrons. The van der Waals surface area contributed by atoms with Crippen molar-refractivity contribution in [2.75, 3.05) is 34.4 Å². The Hall–Kier alpha value is -0.340. The van der Waals surface area contributed by atoms with Gasteiger partial charge in [-0.15, -0.1) is 0 Å². The van der Waals surface area contributed by atoms with Gasteiger partial charge in [-0.25, -0.2) is 0 Å². The van der Waals surface area contributed by atoms with Gasteiger partial charge in [0, 0.05) is 6.61 Å². The number of hydrogen-bond donors (Lipinski definition) is 3. The molecule has 8 nitrogen and oxygen atoms in total. The molecule has 0 spiro atoms. The summed E-state index contributed by atoms with van der Waals surface area (Å²) in [5.74, 6) is -1.10. The quantitative estimate of drug-likeness (QED) is 0.0990. The summed E-state index contributed by atoms with van der Waals surface area (Å²) in [5, 5.41) is 19.3. The first kappa shape index (κ1) is 30.7. The predicted molar refractivity (Wildman–Crippen MR) is 124 cm³/mol. The Morgan fingerprint density at radius 2 is 1.58 bits per heavy atom. The number of hydrogen-bond acceptors (Lipinski definition) is 6. The van der Waals surface area contributed by atoms with Gasteiger partial charge in [0.05, 0.1) is 40.3 Å². The number of quaternary nitrogens is 1. The maximum absolute atomic E-state index is 11.0. The first-order chi connectivity index (χ1) is 14.6. The number of rotatable bonds is 21. The van der Waals surface area contributed by atoms with E-state index >= 15 is 0 Å². The SMILES string of the molecule is CCCCCCCC(CC)OCCCCCOP(O)OC(CC(=O)O)C(O)[N+](C)(C)C. The maximum Gasteiger partial charge on any atom is 0.330 e. The molecule has 31 heavy (non-hydrogen) atoms. The van der Waals surface area contributed by atoms with Crippen molar-refractivity contribution in [2.24, 2.45) is 0 Å². The maximum atomic E-state index is 11.0. The van der Waals surface area contributed by atoms with Gasteiger partial charge < -0.3 is 28.9 Å². The number of ether oxygens (including phenoxy) is 1. The van der Waals surface area contributed by atoms with E-state index < -0.39 is 33.3 Å². The topological polar surface area (TPSA) is 105 Å². The first-order valence-electron chi connectivity index (χ1n) is 11.7. The molecule has 186 valence electrons. The lowest BCUT2D eigenvalue weighted by molar-refractivity contribution is -0.922. The summed E-state index contributed by atoms with van der Waals surface area (Å²) < 4.78 is 16.7. The van der Waals surface area contributed by atoms with E-state index in [0.717, 1.165) is 38.7 Å². The Kier molecular flexibility index (Phi) is 17.9. The second-order valence-electron chi connectivity index (χ2n) is 9.01. The second kappa shape index (κ2) is 18.1. The molecule has 0 aliphatic rings. The molecule has 0 heterocycles. The third-order valence-electron chi connectivity index (χ3n) is 5.16. The molecular weight excluding hydrogens is 421 g/mol. The highest BCUT2D eigenvalue weighted by Crippen LogP contribution is 2.37. The van der Waals surface area contributed by atoms with Crippen LogP contribution < -0.4 is 0 Å². The zero-order valence-electron chi connectivity index (χ0n) is 20.3. The predicted octanol–water partition coefficient (Wildman–Crippen LogP) is 4.43. The number of nitrogens with zero attached hydrogens (tertiary/aromatic N) is 1. The molecule has 0 aromatic heterocycles. The lowest BCUT2D eigenvalue weighted by Gasteiger charge is -2.34. The molecule has 0 amide bonds. The highest BCUT2D eigenvalue weighted by molar-refractivity contribution is 7.40. The average Bonchev–Trinajstić information content (AvgIpc) is 2.69. The fraction of sp³-hybridized carbons (Fsp3) is 0.955. The lowest BCUT2D eigenvalue weighted by atomic mass is 10.1. The molecule has 4 unspecified atom stereocenters. The Morgan fingerprint density at radius 1 is 0.968 bits per heavy atom. The van der Waals surface area contributed by atoms with Gasteiger partial charge in [0.1, 0.15) is 0 Å². The van der Waals surface area contributed by atoms with Crippen LogP contribution in [-0.4, -0.2) is 78.4 Å². The second-order valence-corrected chi connectivity index (χ2v) is 9.95. The number of aliphatic carboxylic acids is 1. The molecule has 0 aliphatic carbocycles. The molecule has 0 saturated heterocycles. The van der Waals surface area contributed by atoms with Gasteiger partial charge in [0.15, 0.2) is 6.10 Å². The van der Waals surface area contributed by atoms with Crippen LogP contribution in [-0.2, 0) is 18.6 Å². The summed E-state index contributed by atoms with van der Waals surface area (Å²) in [5.41, 5.74) is 0. The average molecular weight is 469 g/mol. The third-order valence-corrected chi connectivity index (χ3v) is 6.01. The van der Waals surface area contributed by atoms with Crippen LogP contribution in [0.1, 0.15) is 84.5 Å². The number of aliphatic hydroxyl groups excluding tert-OH is 1. The van der Waals surface area contributed by atoms with Crippen molar-refractivity contribution in [2.45, 2.75) is 103 Å². The van der Waals surface area contributed by atoms with Crippen molar-refractivity contribution in [3.63, 3.8) is 0 Å². The van der Waals surface area contributed by atoms with Crippen molar-refractivity contribution in [1.82, 2.24) is 0 Å². The Balaban J connectivity index is 3.96. The fourth-order valence-corrected chi connectivity index (χ4v) is 3.93. The zero-order chi connectivity index (χ0) is 23.7. The van der Waals surface area contributed by atoms with Gasteiger partial charge >= 0.3 is 14.6 Å². The van der Waals surface area contributed by atoms with E-state index in [1.165, 1.54) is 32.1 Å². The van der Waals surface area contributed by atoms with Gasteiger partial charge in [0.2, 0.25) is 6.23 Å². The van der Waals surface area contributed by atoms with Crippen LogP contribution in [0.3, 0.4) is 0 Å². The van der Waals surface area contributed by atoms with Crippen LogP contribution in [0.5, 0.6) is 0 Å². The van der Waals surface area contributed by atoms with Gasteiger partial charge in [-0.2, -0.15) is 0 Å². The van der Waals surface area contributed by atoms with Crippen molar-refractivity contribution < 1.29 is 38.2 Å². The molecule has 0 bridgehead atoms. The van der Waals surface area contributed by atoms with E-state index in [1.54, 1.807) is 21.1 Å². The number of aliphatic hydroxyl groups is 1. The van der Waals surface area contributed by atoms with E-state index in [2.05, 4.69) is 13.8 Å². The van der Waals surface area contributed by atoms with Crippen LogP contribution in [0.4, 0.5) is 0 Å². The monoisotopic (exact) mass is 468 g/mol. The van der Waals surface area contributed by atoms with Crippen LogP contribution in [0.2, 0.25) is 0 Å². The summed E-state index contributed by atoms with van der Waals surface area (Å²) in [6, 6.07) is 0. The van der Waals surface area contributed by atoms with Crippen molar-refractivity contribution in [3.05, 3.63) is 0 Å². The summed E-state index contributed by atoms with van der Waals surface area (Å²) in [6.45, 7) is 5.44. The molecule has 0 saturated carbocycles. The Bertz CT molecular complexity index is 448. The van der Waals surface area contributed by atoms with E-state index in [1.807, 2.05) is 0 Å². The minimum absolute atomic E-state index is 0.0958. The van der Waals surface area contributed by atoms with Gasteiger partial charge in [-0.05, 0) is 32.1 Å². The normalized spacial score (nSPS) is 16.1. The summed E-state index contributed by atoms with van der Waals surface area (Å²) >= 11 is 0. The van der Waals surface area contributed by atoms with Gasteiger partial charge in [-0.1, -0.05) is 46.0 Å². The molecule has 0 aromatic carbocycles. The van der Waals surface area contributed by atoms with E-state index in [-0.39, 0.29) is 4.48 Å². The molecule has 9 heteroatoms. The smallest absolute Gasteiger partial charge is 0.330 e. The van der Waals surface area contributed by atoms with E-state index in [0.29, 0.717) is 12.7 Å². The van der Waals surface area contributed by atoms with Crippen molar-refractivity contribution in [1.29, 1.82) is 0 Å². The summed E-state index contributed by atoms with van der Waals surface area (Å²) in [4.78, 5) is 21.0. The molecule has 0 aliphatic heterocycles. The molecule has 0 fully saturated rings. The highest BCUT2D eigenvalue weighted by atomic mass is 31.2. The van der Waals surface area contributed by atoms with Crippen molar-refractivity contribution in [3.8, 4) is 0 Å². The fourth-order valence-electron chi connectivity index (χ4n) is 3.17. The number of carboxylic acid groups (broad SMARTS) is 1. The molecule has 0 aromatic rings. The summed E-state index contributed by atoms with van der Waals surface area (Å²) in [7, 11) is 2.93. The molecule has 3 N–H and O–H groups in total. The van der Waals surface area contributed by atoms with Crippen LogP contribution >= 0.6 is 8.60 Å². The van der Waals surface area contributed by atoms with Crippen LogP contribution in [0.25, 0.3) is 0 Å². The van der Waals surface area contributed by atoms with E-state index in [9.17, 15) is 14.8 Å². The Morgan fingerprint density at radius 3 is 2.16 bits per heavy atom. The summed E-state index contributed by atoms with van der Waals surface area (Å²) in [6.07, 6.45) is 8.99. The number of carboxylic acids is 1. The zero-order valence-corrected chi connectivity index (χ0v) is 21.2. The van der Waals surface area contributed by atoms with Crippen LogP contribution in [0.15, 0.2) is 0 Å². The highest BCUT2D eigenvalue weighted by Gasteiger charge is 2.35. The lowest BCUT2D eigenvalue weighted by Crippen LogP contribution is -2.52. The van der Waals surface area contributed by atoms with E-state index in [4.69, 9.17) is 18.9 Å². The molecular formula is C22H47NO7P+.